The number of rotatable bonds is 4. The zero-order valence-corrected chi connectivity index (χ0v) is 19.4. The Balaban J connectivity index is 1.56. The van der Waals surface area contributed by atoms with Gasteiger partial charge < -0.3 is 19.9 Å². The van der Waals surface area contributed by atoms with Gasteiger partial charge in [0.2, 0.25) is 5.91 Å². The fourth-order valence-corrected chi connectivity index (χ4v) is 7.15. The maximum Gasteiger partial charge on any atom is 0.225 e. The molecule has 2 fully saturated rings. The molecule has 0 bridgehead atoms. The lowest BCUT2D eigenvalue weighted by molar-refractivity contribution is -0.139. The Morgan fingerprint density at radius 2 is 1.97 bits per heavy atom. The second kappa shape index (κ2) is 7.63. The van der Waals surface area contributed by atoms with Gasteiger partial charge in [0, 0.05) is 48.8 Å². The first-order valence-electron chi connectivity index (χ1n) is 12.0. The highest BCUT2D eigenvalue weighted by molar-refractivity contribution is 5.90. The van der Waals surface area contributed by atoms with Crippen molar-refractivity contribution in [3.05, 3.63) is 35.5 Å². The highest BCUT2D eigenvalue weighted by atomic mass is 16.5. The SMILES string of the molecule is COC1CCC(C2(C(N)=O)C[C@@H]3c4cccc5c4c(cn5C(C)C)C[C@H]3N(C)C2)CC1. The summed E-state index contributed by atoms with van der Waals surface area (Å²) in [6, 6.07) is 7.63. The number of nitrogens with zero attached hydrogens (tertiary/aromatic N) is 2. The second-order valence-corrected chi connectivity index (χ2v) is 10.6. The molecule has 5 rings (SSSR count). The number of carbonyl (C=O) groups is 1. The van der Waals surface area contributed by atoms with Gasteiger partial charge in [-0.05, 0) is 82.5 Å². The average molecular weight is 424 g/mol. The molecule has 0 spiro atoms. The molecule has 31 heavy (non-hydrogen) atoms. The van der Waals surface area contributed by atoms with Crippen LogP contribution in [0.4, 0.5) is 0 Å². The molecule has 1 aliphatic heterocycles. The van der Waals surface area contributed by atoms with E-state index in [-0.39, 0.29) is 5.91 Å². The molecule has 1 saturated carbocycles. The summed E-state index contributed by atoms with van der Waals surface area (Å²) >= 11 is 0. The predicted octanol–water partition coefficient (Wildman–Crippen LogP) is 4.24. The van der Waals surface area contributed by atoms with E-state index in [1.165, 1.54) is 22.0 Å². The molecule has 1 saturated heterocycles. The van der Waals surface area contributed by atoms with Crippen LogP contribution in [0, 0.1) is 11.3 Å². The Morgan fingerprint density at radius 3 is 2.61 bits per heavy atom. The molecule has 2 heterocycles. The van der Waals surface area contributed by atoms with E-state index in [0.717, 1.165) is 45.1 Å². The van der Waals surface area contributed by atoms with E-state index in [4.69, 9.17) is 10.5 Å². The number of hydrogen-bond donors (Lipinski definition) is 1. The lowest BCUT2D eigenvalue weighted by atomic mass is 9.58. The van der Waals surface area contributed by atoms with Crippen LogP contribution in [0.25, 0.3) is 10.9 Å². The van der Waals surface area contributed by atoms with Crippen LogP contribution < -0.4 is 5.73 Å². The fourth-order valence-electron chi connectivity index (χ4n) is 7.15. The van der Waals surface area contributed by atoms with E-state index in [2.05, 4.69) is 54.8 Å². The number of amides is 1. The first kappa shape index (κ1) is 21.0. The molecule has 2 aliphatic carbocycles. The summed E-state index contributed by atoms with van der Waals surface area (Å²) in [5, 5.41) is 1.43. The van der Waals surface area contributed by atoms with E-state index in [0.29, 0.717) is 30.0 Å². The molecule has 5 heteroatoms. The smallest absolute Gasteiger partial charge is 0.225 e. The van der Waals surface area contributed by atoms with Gasteiger partial charge in [0.1, 0.15) is 0 Å². The molecule has 0 radical (unpaired) electrons. The average Bonchev–Trinajstić information content (AvgIpc) is 3.14. The summed E-state index contributed by atoms with van der Waals surface area (Å²) < 4.78 is 8.01. The second-order valence-electron chi connectivity index (χ2n) is 10.6. The van der Waals surface area contributed by atoms with Gasteiger partial charge in [-0.2, -0.15) is 0 Å². The lowest BCUT2D eigenvalue weighted by Crippen LogP contribution is -2.60. The van der Waals surface area contributed by atoms with Crippen molar-refractivity contribution in [1.29, 1.82) is 0 Å². The minimum atomic E-state index is -0.449. The number of primary amides is 1. The van der Waals surface area contributed by atoms with Crippen LogP contribution >= 0.6 is 0 Å². The number of fused-ring (bicyclic) bond motifs is 2. The molecule has 1 aromatic carbocycles. The minimum Gasteiger partial charge on any atom is -0.381 e. The van der Waals surface area contributed by atoms with E-state index in [9.17, 15) is 4.79 Å². The van der Waals surface area contributed by atoms with Crippen molar-refractivity contribution in [3.63, 3.8) is 0 Å². The largest absolute Gasteiger partial charge is 0.381 e. The van der Waals surface area contributed by atoms with Crippen LogP contribution in [0.15, 0.2) is 24.4 Å². The number of benzene rings is 1. The first-order chi connectivity index (χ1) is 14.9. The molecule has 2 N–H and O–H groups in total. The number of carbonyl (C=O) groups excluding carboxylic acids is 1. The number of hydrogen-bond acceptors (Lipinski definition) is 3. The maximum atomic E-state index is 13.1. The standard InChI is InChI=1S/C26H37N3O2/c1-16(2)29-14-17-12-23-21(20-6-5-7-22(29)24(17)20)13-26(25(27)30,15-28(23)3)18-8-10-19(31-4)11-9-18/h5-7,14,16,18-19,21,23H,8-13,15H2,1-4H3,(H2,27,30)/t18?,19?,21-,23-,26?/m1/s1. The molecular weight excluding hydrogens is 386 g/mol. The Morgan fingerprint density at radius 1 is 1.23 bits per heavy atom. The van der Waals surface area contributed by atoms with Crippen molar-refractivity contribution < 1.29 is 9.53 Å². The molecule has 3 aliphatic rings. The van der Waals surface area contributed by atoms with Gasteiger partial charge in [0.05, 0.1) is 11.5 Å². The molecule has 3 atom stereocenters. The summed E-state index contributed by atoms with van der Waals surface area (Å²) in [7, 11) is 4.01. The number of aromatic nitrogens is 1. The van der Waals surface area contributed by atoms with E-state index < -0.39 is 5.41 Å². The Labute approximate surface area is 185 Å². The molecular formula is C26H37N3O2. The highest BCUT2D eigenvalue weighted by Gasteiger charge is 2.53. The van der Waals surface area contributed by atoms with Crippen molar-refractivity contribution in [3.8, 4) is 0 Å². The maximum absolute atomic E-state index is 13.1. The Hall–Kier alpha value is -1.85. The minimum absolute atomic E-state index is 0.101. The summed E-state index contributed by atoms with van der Waals surface area (Å²) in [5.74, 6) is 0.600. The van der Waals surface area contributed by atoms with Crippen molar-refractivity contribution in [2.75, 3.05) is 20.7 Å². The Kier molecular flexibility index (Phi) is 5.17. The van der Waals surface area contributed by atoms with Gasteiger partial charge in [0.25, 0.3) is 0 Å². The fraction of sp³-hybridized carbons (Fsp3) is 0.654. The third-order valence-electron chi connectivity index (χ3n) is 8.78. The monoisotopic (exact) mass is 423 g/mol. The Bertz CT molecular complexity index is 988. The topological polar surface area (TPSA) is 60.5 Å². The van der Waals surface area contributed by atoms with Crippen molar-refractivity contribution >= 4 is 16.8 Å². The van der Waals surface area contributed by atoms with Crippen molar-refractivity contribution in [2.45, 2.75) is 76.5 Å². The first-order valence-corrected chi connectivity index (χ1v) is 12.0. The molecule has 1 aromatic heterocycles. The number of piperidine rings is 1. The molecule has 2 aromatic rings. The van der Waals surface area contributed by atoms with Crippen LogP contribution in [0.2, 0.25) is 0 Å². The van der Waals surface area contributed by atoms with E-state index in [1.54, 1.807) is 7.11 Å². The van der Waals surface area contributed by atoms with Crippen molar-refractivity contribution in [2.24, 2.45) is 17.1 Å². The van der Waals surface area contributed by atoms with Gasteiger partial charge in [-0.3, -0.25) is 4.79 Å². The number of nitrogens with two attached hydrogens (primary N) is 1. The van der Waals surface area contributed by atoms with Gasteiger partial charge >= 0.3 is 0 Å². The number of likely N-dealkylation sites (tertiary alicyclic amines) is 1. The van der Waals surface area contributed by atoms with E-state index in [1.807, 2.05) is 0 Å². The van der Waals surface area contributed by atoms with E-state index >= 15 is 0 Å². The van der Waals surface area contributed by atoms with Crippen LogP contribution in [-0.2, 0) is 16.0 Å². The van der Waals surface area contributed by atoms with Crippen LogP contribution in [-0.4, -0.2) is 48.2 Å². The third kappa shape index (κ3) is 3.15. The zero-order chi connectivity index (χ0) is 21.9. The summed E-state index contributed by atoms with van der Waals surface area (Å²) in [6.07, 6.45) is 8.76. The van der Waals surface area contributed by atoms with Crippen LogP contribution in [0.5, 0.6) is 0 Å². The van der Waals surface area contributed by atoms with Crippen molar-refractivity contribution in [1.82, 2.24) is 9.47 Å². The van der Waals surface area contributed by atoms with Crippen LogP contribution in [0.3, 0.4) is 0 Å². The zero-order valence-electron chi connectivity index (χ0n) is 19.4. The number of methoxy groups -OCH3 is 1. The number of ether oxygens (including phenoxy) is 1. The summed E-state index contributed by atoms with van der Waals surface area (Å²) in [6.45, 7) is 5.28. The molecule has 5 nitrogen and oxygen atoms in total. The predicted molar refractivity (Wildman–Crippen MR) is 124 cm³/mol. The van der Waals surface area contributed by atoms with Gasteiger partial charge in [-0.1, -0.05) is 12.1 Å². The summed E-state index contributed by atoms with van der Waals surface area (Å²) in [4.78, 5) is 15.5. The highest BCUT2D eigenvalue weighted by Crippen LogP contribution is 2.53. The quantitative estimate of drug-likeness (QED) is 0.800. The molecule has 1 amide bonds. The molecule has 168 valence electrons. The van der Waals surface area contributed by atoms with Gasteiger partial charge in [-0.15, -0.1) is 0 Å². The lowest BCUT2D eigenvalue weighted by Gasteiger charge is -2.53. The van der Waals surface area contributed by atoms with Gasteiger partial charge in [-0.25, -0.2) is 0 Å². The molecule has 1 unspecified atom stereocenters. The number of likely N-dealkylation sites (N-methyl/N-ethyl adjacent to an activating group) is 1. The normalized spacial score (nSPS) is 33.6. The summed E-state index contributed by atoms with van der Waals surface area (Å²) in [5.41, 5.74) is 9.98. The third-order valence-corrected chi connectivity index (χ3v) is 8.78. The van der Waals surface area contributed by atoms with Gasteiger partial charge in [0.15, 0.2) is 0 Å². The van der Waals surface area contributed by atoms with Crippen LogP contribution in [0.1, 0.15) is 69.0 Å².